The highest BCUT2D eigenvalue weighted by Crippen LogP contribution is 2.60. The highest BCUT2D eigenvalue weighted by atomic mass is 16.3. The van der Waals surface area contributed by atoms with Crippen molar-refractivity contribution in [3.63, 3.8) is 0 Å². The minimum absolute atomic E-state index is 0.00497. The Kier molecular flexibility index (Phi) is 4.57. The van der Waals surface area contributed by atoms with Crippen LogP contribution in [0.1, 0.15) is 53.4 Å². The van der Waals surface area contributed by atoms with Gasteiger partial charge in [-0.05, 0) is 37.2 Å². The molecule has 0 saturated carbocycles. The molecule has 5 heteroatoms. The number of hydrogen-bond acceptors (Lipinski definition) is 3. The Morgan fingerprint density at radius 1 is 1.07 bits per heavy atom. The lowest BCUT2D eigenvalue weighted by Gasteiger charge is -2.55. The fourth-order valence-corrected chi connectivity index (χ4v) is 6.33. The van der Waals surface area contributed by atoms with E-state index in [0.29, 0.717) is 5.92 Å². The molecule has 7 atom stereocenters. The predicted octanol–water partition coefficient (Wildman–Crippen LogP) is 2.63. The Labute approximate surface area is 167 Å². The van der Waals surface area contributed by atoms with Crippen molar-refractivity contribution < 1.29 is 14.7 Å². The van der Waals surface area contributed by atoms with Crippen molar-refractivity contribution in [1.82, 2.24) is 10.6 Å². The second kappa shape index (κ2) is 6.58. The average molecular weight is 385 g/mol. The number of carbonyl (C=O) groups excluding carboxylic acids is 2. The summed E-state index contributed by atoms with van der Waals surface area (Å²) in [4.78, 5) is 23.7. The van der Waals surface area contributed by atoms with Gasteiger partial charge in [-0.1, -0.05) is 43.7 Å². The van der Waals surface area contributed by atoms with Gasteiger partial charge in [-0.2, -0.15) is 0 Å². The SMILES string of the molecule is CC(=O)N[C@H]1CC2C[C@@H](O)C=C[C@]2(C)C2=C1[C@@H]1C=C[C@H](NC(C)=O)[C@@]1(C)CC2. The molecule has 0 aromatic heterocycles. The Morgan fingerprint density at radius 3 is 2.46 bits per heavy atom. The molecule has 152 valence electrons. The summed E-state index contributed by atoms with van der Waals surface area (Å²) in [5.74, 6) is 0.515. The minimum Gasteiger partial charge on any atom is -0.389 e. The van der Waals surface area contributed by atoms with Gasteiger partial charge in [-0.3, -0.25) is 9.59 Å². The Bertz CT molecular complexity index is 798. The molecule has 0 radical (unpaired) electrons. The molecular formula is C23H32N2O3. The van der Waals surface area contributed by atoms with Crippen LogP contribution in [0, 0.1) is 22.7 Å². The largest absolute Gasteiger partial charge is 0.389 e. The maximum absolute atomic E-state index is 12.0. The van der Waals surface area contributed by atoms with Crippen LogP contribution in [0.25, 0.3) is 0 Å². The van der Waals surface area contributed by atoms with Crippen molar-refractivity contribution in [2.75, 3.05) is 0 Å². The Hall–Kier alpha value is -1.88. The number of hydrogen-bond donors (Lipinski definition) is 3. The second-order valence-electron chi connectivity index (χ2n) is 9.61. The molecule has 0 fully saturated rings. The van der Waals surface area contributed by atoms with E-state index in [1.165, 1.54) is 11.1 Å². The number of allylic oxidation sites excluding steroid dienone is 3. The molecule has 0 saturated heterocycles. The van der Waals surface area contributed by atoms with E-state index in [9.17, 15) is 14.7 Å². The van der Waals surface area contributed by atoms with Gasteiger partial charge in [-0.15, -0.1) is 0 Å². The van der Waals surface area contributed by atoms with Crippen molar-refractivity contribution in [3.8, 4) is 0 Å². The molecule has 28 heavy (non-hydrogen) atoms. The first-order chi connectivity index (χ1) is 13.1. The second-order valence-corrected chi connectivity index (χ2v) is 9.61. The van der Waals surface area contributed by atoms with Crippen LogP contribution in [-0.4, -0.2) is 35.1 Å². The molecule has 0 aromatic carbocycles. The van der Waals surface area contributed by atoms with E-state index < -0.39 is 6.10 Å². The minimum atomic E-state index is -0.400. The first-order valence-corrected chi connectivity index (χ1v) is 10.5. The molecule has 2 amide bonds. The lowest BCUT2D eigenvalue weighted by molar-refractivity contribution is -0.120. The lowest BCUT2D eigenvalue weighted by Crippen LogP contribution is -2.54. The van der Waals surface area contributed by atoms with E-state index in [2.05, 4.69) is 42.7 Å². The molecule has 4 aliphatic carbocycles. The highest BCUT2D eigenvalue weighted by molar-refractivity contribution is 5.74. The summed E-state index contributed by atoms with van der Waals surface area (Å²) in [6.45, 7) is 7.71. The van der Waals surface area contributed by atoms with Crippen molar-refractivity contribution in [3.05, 3.63) is 35.5 Å². The summed E-state index contributed by atoms with van der Waals surface area (Å²) >= 11 is 0. The maximum atomic E-state index is 12.0. The quantitative estimate of drug-likeness (QED) is 0.641. The van der Waals surface area contributed by atoms with Crippen LogP contribution in [0.2, 0.25) is 0 Å². The van der Waals surface area contributed by atoms with Gasteiger partial charge in [0, 0.05) is 30.6 Å². The van der Waals surface area contributed by atoms with E-state index in [0.717, 1.165) is 25.7 Å². The first-order valence-electron chi connectivity index (χ1n) is 10.5. The summed E-state index contributed by atoms with van der Waals surface area (Å²) < 4.78 is 0. The Morgan fingerprint density at radius 2 is 1.79 bits per heavy atom. The smallest absolute Gasteiger partial charge is 0.217 e. The van der Waals surface area contributed by atoms with Gasteiger partial charge in [-0.25, -0.2) is 0 Å². The summed E-state index contributed by atoms with van der Waals surface area (Å²) in [5.41, 5.74) is 2.64. The van der Waals surface area contributed by atoms with E-state index in [4.69, 9.17) is 0 Å². The fraction of sp³-hybridized carbons (Fsp3) is 0.652. The summed E-state index contributed by atoms with van der Waals surface area (Å²) in [5, 5.41) is 16.5. The van der Waals surface area contributed by atoms with Crippen molar-refractivity contribution in [2.24, 2.45) is 22.7 Å². The molecule has 0 spiro atoms. The standard InChI is InChI=1S/C23H32N2O3/c1-13(26)24-19-12-15-11-16(28)7-9-22(15,3)18-8-10-23(4)17(21(18)19)5-6-20(23)25-14(2)27/h5-7,9,15-17,19-20,28H,8,10-12H2,1-4H3,(H,24,26)(H,25,27)/t15?,16-,17-,19-,20-,22-,23-/m0/s1. The zero-order chi connectivity index (χ0) is 20.3. The van der Waals surface area contributed by atoms with Gasteiger partial charge in [0.05, 0.1) is 18.2 Å². The maximum Gasteiger partial charge on any atom is 0.217 e. The van der Waals surface area contributed by atoms with E-state index in [-0.39, 0.29) is 40.6 Å². The Balaban J connectivity index is 1.80. The van der Waals surface area contributed by atoms with Gasteiger partial charge >= 0.3 is 0 Å². The first kappa shape index (κ1) is 19.4. The van der Waals surface area contributed by atoms with Crippen LogP contribution in [0.5, 0.6) is 0 Å². The number of fused-ring (bicyclic) bond motifs is 4. The van der Waals surface area contributed by atoms with Crippen LogP contribution in [-0.2, 0) is 9.59 Å². The topological polar surface area (TPSA) is 78.4 Å². The normalized spacial score (nSPS) is 43.8. The monoisotopic (exact) mass is 384 g/mol. The van der Waals surface area contributed by atoms with E-state index >= 15 is 0 Å². The lowest BCUT2D eigenvalue weighted by atomic mass is 9.51. The zero-order valence-corrected chi connectivity index (χ0v) is 17.3. The summed E-state index contributed by atoms with van der Waals surface area (Å²) in [6, 6.07) is 0.0194. The molecule has 1 unspecified atom stereocenters. The molecule has 0 aromatic rings. The summed E-state index contributed by atoms with van der Waals surface area (Å²) in [6.07, 6.45) is 11.7. The molecule has 3 N–H and O–H groups in total. The number of aliphatic hydroxyl groups excluding tert-OH is 1. The van der Waals surface area contributed by atoms with Crippen LogP contribution in [0.3, 0.4) is 0 Å². The van der Waals surface area contributed by atoms with Crippen LogP contribution >= 0.6 is 0 Å². The van der Waals surface area contributed by atoms with Crippen molar-refractivity contribution in [1.29, 1.82) is 0 Å². The number of rotatable bonds is 2. The average Bonchev–Trinajstić information content (AvgIpc) is 2.92. The van der Waals surface area contributed by atoms with Gasteiger partial charge in [0.1, 0.15) is 0 Å². The molecule has 4 aliphatic rings. The molecule has 5 nitrogen and oxygen atoms in total. The van der Waals surface area contributed by atoms with Crippen molar-refractivity contribution >= 4 is 11.8 Å². The van der Waals surface area contributed by atoms with Gasteiger partial charge < -0.3 is 15.7 Å². The summed E-state index contributed by atoms with van der Waals surface area (Å²) in [7, 11) is 0. The molecule has 0 bridgehead atoms. The zero-order valence-electron chi connectivity index (χ0n) is 17.3. The number of aliphatic hydroxyl groups is 1. The van der Waals surface area contributed by atoms with Crippen LogP contribution in [0.4, 0.5) is 0 Å². The van der Waals surface area contributed by atoms with Gasteiger partial charge in [0.15, 0.2) is 0 Å². The van der Waals surface area contributed by atoms with Gasteiger partial charge in [0.2, 0.25) is 11.8 Å². The highest BCUT2D eigenvalue weighted by Gasteiger charge is 2.55. The molecular weight excluding hydrogens is 352 g/mol. The third-order valence-corrected chi connectivity index (χ3v) is 7.83. The predicted molar refractivity (Wildman–Crippen MR) is 108 cm³/mol. The fourth-order valence-electron chi connectivity index (χ4n) is 6.33. The molecule has 4 rings (SSSR count). The van der Waals surface area contributed by atoms with Gasteiger partial charge in [0.25, 0.3) is 0 Å². The third kappa shape index (κ3) is 2.86. The third-order valence-electron chi connectivity index (χ3n) is 7.83. The molecule has 0 heterocycles. The van der Waals surface area contributed by atoms with Crippen LogP contribution in [0.15, 0.2) is 35.5 Å². The van der Waals surface area contributed by atoms with Crippen molar-refractivity contribution in [2.45, 2.75) is 71.6 Å². The van der Waals surface area contributed by atoms with Crippen LogP contribution < -0.4 is 10.6 Å². The number of nitrogens with one attached hydrogen (secondary N) is 2. The van der Waals surface area contributed by atoms with E-state index in [1.807, 2.05) is 6.08 Å². The number of amides is 2. The molecule has 0 aliphatic heterocycles. The van der Waals surface area contributed by atoms with E-state index in [1.54, 1.807) is 13.8 Å². The number of carbonyl (C=O) groups is 2.